The van der Waals surface area contributed by atoms with E-state index in [1.165, 1.54) is 20.5 Å². The molecule has 3 aliphatic rings. The maximum absolute atomic E-state index is 13.2. The third-order valence-corrected chi connectivity index (χ3v) is 6.67. The zero-order chi connectivity index (χ0) is 19.9. The average Bonchev–Trinajstić information content (AvgIpc) is 3.23. The van der Waals surface area contributed by atoms with Gasteiger partial charge in [0.2, 0.25) is 5.91 Å². The maximum Gasteiger partial charge on any atom is 0.337 e. The molecule has 1 N–H and O–H groups in total. The molecule has 0 aromatic heterocycles. The summed E-state index contributed by atoms with van der Waals surface area (Å²) in [5.41, 5.74) is 1.90. The molecular weight excluding hydrogens is 356 g/mol. The van der Waals surface area contributed by atoms with Crippen LogP contribution in [0.1, 0.15) is 18.4 Å². The van der Waals surface area contributed by atoms with Crippen LogP contribution in [0.25, 0.3) is 0 Å². The number of nitrogens with one attached hydrogen (secondary N) is 1. The molecule has 0 aliphatic carbocycles. The van der Waals surface area contributed by atoms with Crippen molar-refractivity contribution >= 4 is 17.6 Å². The monoisotopic (exact) mass is 382 g/mol. The van der Waals surface area contributed by atoms with Crippen molar-refractivity contribution in [1.29, 1.82) is 0 Å². The predicted octanol–water partition coefficient (Wildman–Crippen LogP) is 2.48. The van der Waals surface area contributed by atoms with Crippen LogP contribution in [0.15, 0.2) is 48.8 Å². The summed E-state index contributed by atoms with van der Waals surface area (Å²) in [6.45, 7) is 5.60. The lowest BCUT2D eigenvalue weighted by atomic mass is 9.68. The van der Waals surface area contributed by atoms with E-state index in [1.807, 2.05) is 24.3 Å². The van der Waals surface area contributed by atoms with Gasteiger partial charge in [-0.3, -0.25) is 9.69 Å². The topological polar surface area (TPSA) is 67.9 Å². The number of rotatable bonds is 4. The highest BCUT2D eigenvalue weighted by Gasteiger charge is 2.60. The van der Waals surface area contributed by atoms with Crippen molar-refractivity contribution in [3.05, 3.63) is 54.3 Å². The first kappa shape index (κ1) is 18.7. The van der Waals surface area contributed by atoms with Crippen LogP contribution in [-0.4, -0.2) is 50.1 Å². The van der Waals surface area contributed by atoms with Crippen molar-refractivity contribution in [3.8, 4) is 0 Å². The van der Waals surface area contributed by atoms with E-state index in [2.05, 4.69) is 22.9 Å². The van der Waals surface area contributed by atoms with E-state index in [0.29, 0.717) is 12.0 Å². The summed E-state index contributed by atoms with van der Waals surface area (Å²) in [5.74, 6) is -0.351. The first-order chi connectivity index (χ1) is 13.6. The molecule has 1 amide bonds. The van der Waals surface area contributed by atoms with E-state index in [-0.39, 0.29) is 23.8 Å². The minimum atomic E-state index is -0.574. The number of carbonyl (C=O) groups is 2. The molecule has 0 radical (unpaired) electrons. The van der Waals surface area contributed by atoms with E-state index < -0.39 is 11.4 Å². The number of anilines is 1. The number of hydrogen-bond acceptors (Lipinski definition) is 5. The van der Waals surface area contributed by atoms with Gasteiger partial charge >= 0.3 is 5.97 Å². The second-order valence-electron chi connectivity index (χ2n) is 7.77. The molecule has 0 saturated carbocycles. The molecule has 0 unspecified atom stereocenters. The third kappa shape index (κ3) is 2.58. The van der Waals surface area contributed by atoms with Crippen molar-refractivity contribution in [2.75, 3.05) is 32.6 Å². The smallest absolute Gasteiger partial charge is 0.337 e. The Balaban J connectivity index is 1.75. The molecule has 1 spiro atoms. The van der Waals surface area contributed by atoms with E-state index in [1.54, 1.807) is 0 Å². The fourth-order valence-corrected chi connectivity index (χ4v) is 5.38. The number of methoxy groups -OCH3 is 2. The second kappa shape index (κ2) is 7.09. The van der Waals surface area contributed by atoms with Gasteiger partial charge < -0.3 is 14.8 Å². The van der Waals surface area contributed by atoms with Crippen LogP contribution >= 0.6 is 0 Å². The number of ether oxygens (including phenoxy) is 2. The van der Waals surface area contributed by atoms with Crippen LogP contribution in [0.4, 0.5) is 5.69 Å². The van der Waals surface area contributed by atoms with Crippen molar-refractivity contribution in [2.24, 2.45) is 11.8 Å². The summed E-state index contributed by atoms with van der Waals surface area (Å²) >= 11 is 0. The summed E-state index contributed by atoms with van der Waals surface area (Å²) in [6, 6.07) is 7.96. The number of hydrogen-bond donors (Lipinski definition) is 1. The van der Waals surface area contributed by atoms with E-state index in [4.69, 9.17) is 9.47 Å². The summed E-state index contributed by atoms with van der Waals surface area (Å²) < 4.78 is 10.2. The molecule has 148 valence electrons. The summed E-state index contributed by atoms with van der Waals surface area (Å²) in [4.78, 5) is 28.0. The Labute approximate surface area is 165 Å². The normalized spacial score (nSPS) is 31.9. The van der Waals surface area contributed by atoms with Crippen LogP contribution in [0.2, 0.25) is 0 Å². The molecule has 3 heterocycles. The lowest BCUT2D eigenvalue weighted by Crippen LogP contribution is -2.53. The Bertz CT molecular complexity index is 849. The largest absolute Gasteiger partial charge is 0.504 e. The van der Waals surface area contributed by atoms with Crippen molar-refractivity contribution in [1.82, 2.24) is 4.90 Å². The number of nitrogens with zero attached hydrogens (tertiary/aromatic N) is 1. The zero-order valence-electron chi connectivity index (χ0n) is 16.3. The van der Waals surface area contributed by atoms with Crippen LogP contribution in [0.5, 0.6) is 0 Å². The molecule has 6 nitrogen and oxygen atoms in total. The van der Waals surface area contributed by atoms with Crippen molar-refractivity contribution in [3.63, 3.8) is 0 Å². The zero-order valence-corrected chi connectivity index (χ0v) is 16.3. The molecule has 1 aromatic carbocycles. The van der Waals surface area contributed by atoms with Crippen LogP contribution in [0, 0.1) is 11.8 Å². The fourth-order valence-electron chi connectivity index (χ4n) is 5.38. The quantitative estimate of drug-likeness (QED) is 0.375. The molecule has 3 aliphatic heterocycles. The van der Waals surface area contributed by atoms with Crippen LogP contribution in [-0.2, 0) is 24.5 Å². The lowest BCUT2D eigenvalue weighted by Gasteiger charge is -2.44. The van der Waals surface area contributed by atoms with Crippen LogP contribution < -0.4 is 5.32 Å². The molecule has 1 aromatic rings. The van der Waals surface area contributed by atoms with E-state index >= 15 is 0 Å². The molecule has 2 saturated heterocycles. The number of amides is 1. The standard InChI is InChI=1S/C22H26N2O4/c1-4-14-12-24-10-9-22(17-7-5-6-8-18(17)23-21(22)26)19(24)11-15(14)16(13-27-2)20(25)28-3/h4-8,13-15,19H,1,9-12H2,2-3H3,(H,23,26)/t14-,15+,19+,22-/m0/s1. The van der Waals surface area contributed by atoms with Gasteiger partial charge in [-0.05, 0) is 36.9 Å². The van der Waals surface area contributed by atoms with Gasteiger partial charge in [0.25, 0.3) is 0 Å². The highest BCUT2D eigenvalue weighted by atomic mass is 16.5. The average molecular weight is 382 g/mol. The van der Waals surface area contributed by atoms with Gasteiger partial charge in [0.15, 0.2) is 0 Å². The minimum Gasteiger partial charge on any atom is -0.504 e. The summed E-state index contributed by atoms with van der Waals surface area (Å²) in [5, 5.41) is 3.07. The van der Waals surface area contributed by atoms with Gasteiger partial charge in [0, 0.05) is 24.2 Å². The second-order valence-corrected chi connectivity index (χ2v) is 7.77. The molecule has 4 rings (SSSR count). The summed E-state index contributed by atoms with van der Waals surface area (Å²) in [7, 11) is 2.90. The van der Waals surface area contributed by atoms with E-state index in [9.17, 15) is 9.59 Å². The van der Waals surface area contributed by atoms with Crippen LogP contribution in [0.3, 0.4) is 0 Å². The number of carbonyl (C=O) groups excluding carboxylic acids is 2. The van der Waals surface area contributed by atoms with Crippen molar-refractivity contribution in [2.45, 2.75) is 24.3 Å². The Morgan fingerprint density at radius 3 is 2.86 bits per heavy atom. The fraction of sp³-hybridized carbons (Fsp3) is 0.455. The van der Waals surface area contributed by atoms with Gasteiger partial charge in [-0.25, -0.2) is 4.79 Å². The number of fused-ring (bicyclic) bond motifs is 4. The number of benzene rings is 1. The molecule has 4 atom stereocenters. The molecule has 6 heteroatoms. The van der Waals surface area contributed by atoms with Crippen molar-refractivity contribution < 1.29 is 19.1 Å². The van der Waals surface area contributed by atoms with Gasteiger partial charge in [0.05, 0.1) is 31.5 Å². The highest BCUT2D eigenvalue weighted by Crippen LogP contribution is 2.52. The van der Waals surface area contributed by atoms with Gasteiger partial charge in [0.1, 0.15) is 0 Å². The molecule has 0 bridgehead atoms. The Morgan fingerprint density at radius 1 is 1.36 bits per heavy atom. The maximum atomic E-state index is 13.2. The molecular formula is C22H26N2O4. The Hall–Kier alpha value is -2.60. The van der Waals surface area contributed by atoms with Gasteiger partial charge in [-0.1, -0.05) is 24.3 Å². The lowest BCUT2D eigenvalue weighted by molar-refractivity contribution is -0.137. The third-order valence-electron chi connectivity index (χ3n) is 6.67. The SMILES string of the molecule is C=C[C@H]1CN2CC[C@@]3(C(=O)Nc4ccccc43)[C@H]2C[C@H]1C(=COC)C(=O)OC. The highest BCUT2D eigenvalue weighted by molar-refractivity contribution is 6.07. The Kier molecular flexibility index (Phi) is 4.75. The van der Waals surface area contributed by atoms with Gasteiger partial charge in [-0.15, -0.1) is 6.58 Å². The predicted molar refractivity (Wildman–Crippen MR) is 106 cm³/mol. The first-order valence-corrected chi connectivity index (χ1v) is 9.65. The molecule has 2 fully saturated rings. The number of piperidine rings is 1. The first-order valence-electron chi connectivity index (χ1n) is 9.65. The minimum absolute atomic E-state index is 0.0160. The number of para-hydroxylation sites is 1. The number of esters is 1. The summed E-state index contributed by atoms with van der Waals surface area (Å²) in [6.07, 6.45) is 4.83. The Morgan fingerprint density at radius 2 is 2.14 bits per heavy atom. The molecule has 28 heavy (non-hydrogen) atoms. The van der Waals surface area contributed by atoms with E-state index in [0.717, 1.165) is 30.8 Å². The van der Waals surface area contributed by atoms with Gasteiger partial charge in [-0.2, -0.15) is 0 Å².